The van der Waals surface area contributed by atoms with E-state index in [-0.39, 0.29) is 6.71 Å². The Morgan fingerprint density at radius 3 is 2.63 bits per heavy atom. The number of hydrogen-bond donors (Lipinski definition) is 0. The van der Waals surface area contributed by atoms with E-state index in [2.05, 4.69) is 105 Å². The van der Waals surface area contributed by atoms with Crippen molar-refractivity contribution < 1.29 is 0 Å². The van der Waals surface area contributed by atoms with Crippen LogP contribution in [0.2, 0.25) is 0 Å². The Morgan fingerprint density at radius 1 is 1.06 bits per heavy atom. The van der Waals surface area contributed by atoms with E-state index in [1.807, 2.05) is 17.4 Å². The lowest BCUT2D eigenvalue weighted by molar-refractivity contribution is 1.04. The van der Waals surface area contributed by atoms with Crippen molar-refractivity contribution >= 4 is 76.9 Å². The number of fused-ring (bicyclic) bond motifs is 6. The topological polar surface area (TPSA) is 4.93 Å². The second-order valence-electron chi connectivity index (χ2n) is 10.2. The van der Waals surface area contributed by atoms with Gasteiger partial charge in [0.15, 0.2) is 0 Å². The molecule has 0 fully saturated rings. The average molecular weight is 490 g/mol. The number of allylic oxidation sites excluding steroid dienone is 1. The first-order valence-electron chi connectivity index (χ1n) is 12.2. The van der Waals surface area contributed by atoms with Crippen molar-refractivity contribution in [3.8, 4) is 5.69 Å². The van der Waals surface area contributed by atoms with Crippen LogP contribution < -0.4 is 15.7 Å². The number of aromatic nitrogens is 1. The van der Waals surface area contributed by atoms with E-state index < -0.39 is 10.0 Å². The SMILES string of the molecule is C=Cc1cc2c3c(c(C)c(C)n3-c3cccc4c3B2c2sc3ccccc3c2S4(C)C)c1/C=C\C. The van der Waals surface area contributed by atoms with Crippen molar-refractivity contribution in [1.29, 1.82) is 0 Å². The van der Waals surface area contributed by atoms with Gasteiger partial charge in [-0.05, 0) is 82.7 Å². The lowest BCUT2D eigenvalue weighted by Gasteiger charge is -2.43. The maximum Gasteiger partial charge on any atom is 0.262 e. The quantitative estimate of drug-likeness (QED) is 0.237. The van der Waals surface area contributed by atoms with Crippen LogP contribution in [0.1, 0.15) is 29.3 Å². The molecule has 2 aliphatic heterocycles. The fraction of sp³-hybridized carbons (Fsp3) is 0.161. The van der Waals surface area contributed by atoms with Gasteiger partial charge in [0.2, 0.25) is 0 Å². The predicted octanol–water partition coefficient (Wildman–Crippen LogP) is 6.76. The van der Waals surface area contributed by atoms with Gasteiger partial charge in [-0.1, -0.05) is 61.2 Å². The molecule has 1 nitrogen and oxygen atoms in total. The van der Waals surface area contributed by atoms with E-state index >= 15 is 0 Å². The molecule has 0 saturated heterocycles. The third-order valence-electron chi connectivity index (χ3n) is 8.21. The molecule has 2 aromatic heterocycles. The van der Waals surface area contributed by atoms with Crippen molar-refractivity contribution in [3.63, 3.8) is 0 Å². The summed E-state index contributed by atoms with van der Waals surface area (Å²) in [5.74, 6) is 0. The molecule has 172 valence electrons. The lowest BCUT2D eigenvalue weighted by Crippen LogP contribution is -2.59. The number of benzene rings is 3. The van der Waals surface area contributed by atoms with E-state index in [1.165, 1.54) is 60.0 Å². The van der Waals surface area contributed by atoms with Gasteiger partial charge in [-0.2, -0.15) is 10.0 Å². The van der Waals surface area contributed by atoms with Gasteiger partial charge in [0.1, 0.15) is 0 Å². The van der Waals surface area contributed by atoms with Crippen LogP contribution in [0.5, 0.6) is 0 Å². The van der Waals surface area contributed by atoms with Crippen molar-refractivity contribution in [3.05, 3.63) is 83.6 Å². The molecule has 0 unspecified atom stereocenters. The highest BCUT2D eigenvalue weighted by molar-refractivity contribution is 8.33. The van der Waals surface area contributed by atoms with Crippen molar-refractivity contribution in [1.82, 2.24) is 4.57 Å². The minimum atomic E-state index is -1.16. The molecule has 0 atom stereocenters. The molecule has 0 radical (unpaired) electrons. The van der Waals surface area contributed by atoms with Crippen LogP contribution in [0.25, 0.3) is 38.8 Å². The second-order valence-corrected chi connectivity index (χ2v) is 14.8. The zero-order valence-corrected chi connectivity index (χ0v) is 22.5. The molecule has 0 amide bonds. The van der Waals surface area contributed by atoms with Crippen LogP contribution in [-0.2, 0) is 0 Å². The number of aryl methyl sites for hydroxylation is 1. The molecule has 35 heavy (non-hydrogen) atoms. The first kappa shape index (κ1) is 21.3. The summed E-state index contributed by atoms with van der Waals surface area (Å²) in [6.07, 6.45) is 11.5. The highest BCUT2D eigenvalue weighted by Gasteiger charge is 2.45. The van der Waals surface area contributed by atoms with Crippen LogP contribution in [0.3, 0.4) is 0 Å². The predicted molar refractivity (Wildman–Crippen MR) is 160 cm³/mol. The Labute approximate surface area is 213 Å². The summed E-state index contributed by atoms with van der Waals surface area (Å²) >= 11 is 2.01. The van der Waals surface area contributed by atoms with Gasteiger partial charge in [-0.25, -0.2) is 0 Å². The second kappa shape index (κ2) is 7.06. The van der Waals surface area contributed by atoms with Crippen LogP contribution in [0, 0.1) is 13.8 Å². The summed E-state index contributed by atoms with van der Waals surface area (Å²) in [5.41, 5.74) is 10.9. The molecule has 0 N–H and O–H groups in total. The Bertz CT molecular complexity index is 1780. The van der Waals surface area contributed by atoms with E-state index in [0.29, 0.717) is 0 Å². The molecule has 2 aliphatic rings. The van der Waals surface area contributed by atoms with E-state index in [9.17, 15) is 0 Å². The van der Waals surface area contributed by atoms with Gasteiger partial charge in [0, 0.05) is 37.3 Å². The van der Waals surface area contributed by atoms with E-state index in [4.69, 9.17) is 0 Å². The van der Waals surface area contributed by atoms with Gasteiger partial charge in [-0.15, -0.1) is 11.3 Å². The van der Waals surface area contributed by atoms with Crippen LogP contribution in [0.15, 0.2) is 71.0 Å². The van der Waals surface area contributed by atoms with Gasteiger partial charge < -0.3 is 4.57 Å². The van der Waals surface area contributed by atoms with Crippen LogP contribution in [0.4, 0.5) is 0 Å². The summed E-state index contributed by atoms with van der Waals surface area (Å²) in [4.78, 5) is 3.13. The maximum absolute atomic E-state index is 4.23. The summed E-state index contributed by atoms with van der Waals surface area (Å²) in [5, 5.41) is 2.83. The minimum Gasteiger partial charge on any atom is -0.315 e. The molecule has 4 heteroatoms. The van der Waals surface area contributed by atoms with Gasteiger partial charge in [-0.3, -0.25) is 0 Å². The molecule has 5 aromatic rings. The molecule has 0 aliphatic carbocycles. The molecule has 7 rings (SSSR count). The monoisotopic (exact) mass is 489 g/mol. The van der Waals surface area contributed by atoms with Crippen LogP contribution in [-0.4, -0.2) is 23.8 Å². The first-order valence-corrected chi connectivity index (χ1v) is 15.5. The van der Waals surface area contributed by atoms with Gasteiger partial charge in [0.05, 0.1) is 0 Å². The third kappa shape index (κ3) is 2.47. The number of thiophene rings is 1. The molecule has 0 spiro atoms. The molecule has 4 heterocycles. The Hall–Kier alpha value is -2.95. The fourth-order valence-corrected chi connectivity index (χ4v) is 11.5. The summed E-state index contributed by atoms with van der Waals surface area (Å²) < 4.78 is 5.51. The molecule has 0 saturated carbocycles. The standard InChI is InChI=1S/C31H28BNS2/c1-7-12-21-20(8-2)17-23-29-27(21)18(3)19(4)33(29)24-14-11-16-26-28(24)32(23)31-30(35(26,5)6)22-13-9-10-15-25(22)34-31/h7-17H,2H2,1,3-6H3/b12-7-. The van der Waals surface area contributed by atoms with E-state index in [1.54, 1.807) is 14.6 Å². The molecule has 3 aromatic carbocycles. The van der Waals surface area contributed by atoms with Crippen molar-refractivity contribution in [2.45, 2.75) is 30.6 Å². The average Bonchev–Trinajstić information content (AvgIpc) is 3.37. The Kier molecular flexibility index (Phi) is 4.30. The summed E-state index contributed by atoms with van der Waals surface area (Å²) in [6, 6.07) is 18.5. The van der Waals surface area contributed by atoms with E-state index in [0.717, 1.165) is 0 Å². The number of nitrogens with zero attached hydrogens (tertiary/aromatic N) is 1. The zero-order chi connectivity index (χ0) is 24.2. The minimum absolute atomic E-state index is 0.260. The summed E-state index contributed by atoms with van der Waals surface area (Å²) in [6.45, 7) is 11.2. The summed E-state index contributed by atoms with van der Waals surface area (Å²) in [7, 11) is -1.16. The first-order chi connectivity index (χ1) is 16.9. The molecular weight excluding hydrogens is 461 g/mol. The van der Waals surface area contributed by atoms with Gasteiger partial charge in [0.25, 0.3) is 6.71 Å². The van der Waals surface area contributed by atoms with Crippen molar-refractivity contribution in [2.24, 2.45) is 0 Å². The largest absolute Gasteiger partial charge is 0.315 e. The lowest BCUT2D eigenvalue weighted by atomic mass is 9.38. The van der Waals surface area contributed by atoms with Crippen LogP contribution >= 0.6 is 21.4 Å². The fourth-order valence-electron chi connectivity index (χ4n) is 6.66. The Morgan fingerprint density at radius 2 is 1.86 bits per heavy atom. The normalized spacial score (nSPS) is 16.1. The maximum atomic E-state index is 4.23. The number of rotatable bonds is 2. The third-order valence-corrected chi connectivity index (χ3v) is 12.5. The Balaban J connectivity index is 1.74. The highest BCUT2D eigenvalue weighted by atomic mass is 32.3. The zero-order valence-electron chi connectivity index (χ0n) is 20.9. The van der Waals surface area contributed by atoms with Gasteiger partial charge >= 0.3 is 0 Å². The smallest absolute Gasteiger partial charge is 0.262 e. The number of hydrogen-bond acceptors (Lipinski definition) is 1. The molecule has 0 bridgehead atoms. The highest BCUT2D eigenvalue weighted by Crippen LogP contribution is 2.61. The molecular formula is C31H28BNS2. The van der Waals surface area contributed by atoms with Crippen molar-refractivity contribution in [2.75, 3.05) is 12.5 Å².